The van der Waals surface area contributed by atoms with Crippen molar-refractivity contribution in [2.45, 2.75) is 6.42 Å². The molecule has 2 heterocycles. The summed E-state index contributed by atoms with van der Waals surface area (Å²) in [5, 5.41) is 4.57. The van der Waals surface area contributed by atoms with Gasteiger partial charge in [-0.05, 0) is 30.0 Å². The summed E-state index contributed by atoms with van der Waals surface area (Å²) < 4.78 is 11.0. The number of rotatable bonds is 2. The van der Waals surface area contributed by atoms with Crippen LogP contribution in [0.4, 0.5) is 0 Å². The van der Waals surface area contributed by atoms with Gasteiger partial charge in [-0.25, -0.2) is 0 Å². The first-order valence-corrected chi connectivity index (χ1v) is 6.16. The molecule has 1 atom stereocenters. The zero-order valence-corrected chi connectivity index (χ0v) is 9.82. The summed E-state index contributed by atoms with van der Waals surface area (Å²) in [4.78, 5) is 0. The SMILES string of the molecule is c1cc2ccc(CC3CNCCOC3)cc2o1. The van der Waals surface area contributed by atoms with Gasteiger partial charge >= 0.3 is 0 Å². The topological polar surface area (TPSA) is 34.4 Å². The van der Waals surface area contributed by atoms with E-state index in [1.807, 2.05) is 6.07 Å². The Morgan fingerprint density at radius 2 is 2.29 bits per heavy atom. The second-order valence-corrected chi connectivity index (χ2v) is 4.64. The van der Waals surface area contributed by atoms with Crippen LogP contribution in [0.2, 0.25) is 0 Å². The number of nitrogens with one attached hydrogen (secondary N) is 1. The zero-order valence-electron chi connectivity index (χ0n) is 9.82. The molecule has 2 aromatic rings. The predicted octanol–water partition coefficient (Wildman–Crippen LogP) is 2.21. The van der Waals surface area contributed by atoms with Gasteiger partial charge in [0.2, 0.25) is 0 Å². The van der Waals surface area contributed by atoms with Crippen LogP contribution in [0.5, 0.6) is 0 Å². The van der Waals surface area contributed by atoms with Gasteiger partial charge in [0, 0.05) is 18.5 Å². The Labute approximate surface area is 101 Å². The fourth-order valence-corrected chi connectivity index (χ4v) is 2.35. The molecule has 0 spiro atoms. The molecule has 3 heteroatoms. The molecule has 90 valence electrons. The fraction of sp³-hybridized carbons (Fsp3) is 0.429. The number of hydrogen-bond donors (Lipinski definition) is 1. The molecule has 1 aromatic heterocycles. The van der Waals surface area contributed by atoms with Crippen molar-refractivity contribution < 1.29 is 9.15 Å². The molecule has 1 aromatic carbocycles. The third kappa shape index (κ3) is 2.51. The van der Waals surface area contributed by atoms with Gasteiger partial charge in [-0.2, -0.15) is 0 Å². The van der Waals surface area contributed by atoms with Crippen molar-refractivity contribution in [2.24, 2.45) is 5.92 Å². The second kappa shape index (κ2) is 4.90. The smallest absolute Gasteiger partial charge is 0.134 e. The van der Waals surface area contributed by atoms with Crippen LogP contribution in [0.1, 0.15) is 5.56 Å². The van der Waals surface area contributed by atoms with Crippen molar-refractivity contribution in [1.29, 1.82) is 0 Å². The highest BCUT2D eigenvalue weighted by Gasteiger charge is 2.13. The molecule has 0 bridgehead atoms. The van der Waals surface area contributed by atoms with E-state index in [1.54, 1.807) is 6.26 Å². The Kier molecular flexibility index (Phi) is 3.12. The molecule has 0 amide bonds. The second-order valence-electron chi connectivity index (χ2n) is 4.64. The number of furan rings is 1. The zero-order chi connectivity index (χ0) is 11.5. The minimum absolute atomic E-state index is 0.560. The highest BCUT2D eigenvalue weighted by atomic mass is 16.5. The molecule has 1 aliphatic rings. The molecule has 1 aliphatic heterocycles. The Hall–Kier alpha value is -1.32. The Balaban J connectivity index is 1.74. The Morgan fingerprint density at radius 1 is 1.29 bits per heavy atom. The lowest BCUT2D eigenvalue weighted by atomic mass is 9.99. The van der Waals surface area contributed by atoms with Gasteiger partial charge in [-0.15, -0.1) is 0 Å². The quantitative estimate of drug-likeness (QED) is 0.860. The summed E-state index contributed by atoms with van der Waals surface area (Å²) >= 11 is 0. The minimum Gasteiger partial charge on any atom is -0.464 e. The van der Waals surface area contributed by atoms with Crippen LogP contribution in [-0.2, 0) is 11.2 Å². The fourth-order valence-electron chi connectivity index (χ4n) is 2.35. The first kappa shape index (κ1) is 10.8. The normalized spacial score (nSPS) is 21.5. The third-order valence-electron chi connectivity index (χ3n) is 3.25. The van der Waals surface area contributed by atoms with Gasteiger partial charge in [0.15, 0.2) is 0 Å². The van der Waals surface area contributed by atoms with Crippen LogP contribution < -0.4 is 5.32 Å². The molecule has 0 aliphatic carbocycles. The average molecular weight is 231 g/mol. The summed E-state index contributed by atoms with van der Waals surface area (Å²) in [6.45, 7) is 3.68. The minimum atomic E-state index is 0.560. The van der Waals surface area contributed by atoms with Crippen molar-refractivity contribution in [1.82, 2.24) is 5.32 Å². The predicted molar refractivity (Wildman–Crippen MR) is 67.1 cm³/mol. The van der Waals surface area contributed by atoms with E-state index in [9.17, 15) is 0 Å². The van der Waals surface area contributed by atoms with Crippen molar-refractivity contribution in [2.75, 3.05) is 26.3 Å². The first-order chi connectivity index (χ1) is 8.42. The lowest BCUT2D eigenvalue weighted by Gasteiger charge is -2.13. The largest absolute Gasteiger partial charge is 0.464 e. The van der Waals surface area contributed by atoms with Crippen molar-refractivity contribution in [3.8, 4) is 0 Å². The van der Waals surface area contributed by atoms with Gasteiger partial charge < -0.3 is 14.5 Å². The molecular formula is C14H17NO2. The van der Waals surface area contributed by atoms with E-state index in [0.29, 0.717) is 5.92 Å². The van der Waals surface area contributed by atoms with E-state index in [4.69, 9.17) is 9.15 Å². The number of ether oxygens (including phenoxy) is 1. The van der Waals surface area contributed by atoms with E-state index in [-0.39, 0.29) is 0 Å². The van der Waals surface area contributed by atoms with Crippen molar-refractivity contribution >= 4 is 11.0 Å². The van der Waals surface area contributed by atoms with Gasteiger partial charge in [-0.3, -0.25) is 0 Å². The van der Waals surface area contributed by atoms with Crippen LogP contribution in [-0.4, -0.2) is 26.3 Å². The average Bonchev–Trinajstić information content (AvgIpc) is 2.65. The van der Waals surface area contributed by atoms with Gasteiger partial charge in [-0.1, -0.05) is 12.1 Å². The summed E-state index contributed by atoms with van der Waals surface area (Å²) in [6, 6.07) is 8.44. The lowest BCUT2D eigenvalue weighted by Crippen LogP contribution is -2.24. The molecule has 0 radical (unpaired) electrons. The highest BCUT2D eigenvalue weighted by molar-refractivity contribution is 5.77. The molecule has 1 saturated heterocycles. The molecule has 3 rings (SSSR count). The van der Waals surface area contributed by atoms with Gasteiger partial charge in [0.1, 0.15) is 5.58 Å². The van der Waals surface area contributed by atoms with Crippen molar-refractivity contribution in [3.05, 3.63) is 36.1 Å². The van der Waals surface area contributed by atoms with Gasteiger partial charge in [0.25, 0.3) is 0 Å². The van der Waals surface area contributed by atoms with Crippen LogP contribution >= 0.6 is 0 Å². The molecule has 17 heavy (non-hydrogen) atoms. The maximum atomic E-state index is 5.57. The third-order valence-corrected chi connectivity index (χ3v) is 3.25. The Bertz CT molecular complexity index is 484. The van der Waals surface area contributed by atoms with Crippen LogP contribution in [0.15, 0.2) is 34.9 Å². The van der Waals surface area contributed by atoms with Crippen LogP contribution in [0.25, 0.3) is 11.0 Å². The number of fused-ring (bicyclic) bond motifs is 1. The summed E-state index contributed by atoms with van der Waals surface area (Å²) in [5.41, 5.74) is 2.30. The van der Waals surface area contributed by atoms with Crippen molar-refractivity contribution in [3.63, 3.8) is 0 Å². The molecule has 1 fully saturated rings. The van der Waals surface area contributed by atoms with Crippen LogP contribution in [0, 0.1) is 5.92 Å². The summed E-state index contributed by atoms with van der Waals surface area (Å²) in [5.74, 6) is 0.560. The molecular weight excluding hydrogens is 214 g/mol. The Morgan fingerprint density at radius 3 is 3.29 bits per heavy atom. The monoisotopic (exact) mass is 231 g/mol. The van der Waals surface area contributed by atoms with E-state index in [0.717, 1.165) is 38.3 Å². The van der Waals surface area contributed by atoms with E-state index in [1.165, 1.54) is 10.9 Å². The first-order valence-electron chi connectivity index (χ1n) is 6.16. The standard InChI is InChI=1S/C14H17NO2/c1-2-13-3-5-17-14(13)8-11(1)7-12-9-15-4-6-16-10-12/h1-3,5,8,12,15H,4,6-7,9-10H2. The number of benzene rings is 1. The summed E-state index contributed by atoms with van der Waals surface area (Å²) in [6.07, 6.45) is 2.79. The number of hydrogen-bond acceptors (Lipinski definition) is 3. The lowest BCUT2D eigenvalue weighted by molar-refractivity contribution is 0.123. The maximum absolute atomic E-state index is 5.57. The van der Waals surface area contributed by atoms with E-state index >= 15 is 0 Å². The van der Waals surface area contributed by atoms with Crippen LogP contribution in [0.3, 0.4) is 0 Å². The van der Waals surface area contributed by atoms with E-state index < -0.39 is 0 Å². The maximum Gasteiger partial charge on any atom is 0.134 e. The molecule has 1 unspecified atom stereocenters. The summed E-state index contributed by atoms with van der Waals surface area (Å²) in [7, 11) is 0. The molecule has 3 nitrogen and oxygen atoms in total. The molecule has 0 saturated carbocycles. The van der Waals surface area contributed by atoms with E-state index in [2.05, 4.69) is 23.5 Å². The highest BCUT2D eigenvalue weighted by Crippen LogP contribution is 2.19. The molecule has 1 N–H and O–H groups in total. The van der Waals surface area contributed by atoms with Gasteiger partial charge in [0.05, 0.1) is 19.5 Å².